The van der Waals surface area contributed by atoms with Crippen molar-refractivity contribution in [1.82, 2.24) is 0 Å². The van der Waals surface area contributed by atoms with Gasteiger partial charge in [0.1, 0.15) is 18.1 Å². The number of ether oxygens (including phenoxy) is 1. The Morgan fingerprint density at radius 1 is 1.19 bits per heavy atom. The first kappa shape index (κ1) is 15.4. The number of nitrogens with two attached hydrogens (primary N) is 1. The van der Waals surface area contributed by atoms with E-state index in [0.29, 0.717) is 6.61 Å². The lowest BCUT2D eigenvalue weighted by molar-refractivity contribution is 0.301. The molecule has 0 aromatic heterocycles. The Labute approximate surface area is 126 Å². The summed E-state index contributed by atoms with van der Waals surface area (Å²) in [5.74, 6) is 1.13. The Kier molecular flexibility index (Phi) is 5.23. The molecule has 0 spiro atoms. The summed E-state index contributed by atoms with van der Waals surface area (Å²) in [6.45, 7) is 4.60. The van der Waals surface area contributed by atoms with Gasteiger partial charge in [0, 0.05) is 6.04 Å². The molecule has 0 saturated heterocycles. The van der Waals surface area contributed by atoms with E-state index in [2.05, 4.69) is 19.9 Å². The van der Waals surface area contributed by atoms with Crippen LogP contribution in [0, 0.1) is 6.92 Å². The van der Waals surface area contributed by atoms with Gasteiger partial charge in [-0.2, -0.15) is 0 Å². The van der Waals surface area contributed by atoms with Crippen LogP contribution in [0.3, 0.4) is 0 Å². The molecule has 0 radical (unpaired) electrons. The third-order valence-electron chi connectivity index (χ3n) is 3.53. The molecule has 1 unspecified atom stereocenters. The highest BCUT2D eigenvalue weighted by Crippen LogP contribution is 2.23. The number of hydrogen-bond acceptors (Lipinski definition) is 3. The second-order valence-electron chi connectivity index (χ2n) is 5.44. The van der Waals surface area contributed by atoms with E-state index in [1.54, 1.807) is 12.1 Å². The summed E-state index contributed by atoms with van der Waals surface area (Å²) in [6, 6.07) is 13.4. The minimum Gasteiger partial charge on any atom is -0.508 e. The van der Waals surface area contributed by atoms with Crippen LogP contribution in [-0.2, 0) is 13.0 Å². The number of rotatable bonds is 6. The highest BCUT2D eigenvalue weighted by atomic mass is 16.5. The molecular weight excluding hydrogens is 262 g/mol. The minimum absolute atomic E-state index is 0.148. The SMILES string of the molecule is CCC(N)Cc1cc(C)ccc1OCc1cccc(O)c1. The van der Waals surface area contributed by atoms with Gasteiger partial charge < -0.3 is 15.6 Å². The third-order valence-corrected chi connectivity index (χ3v) is 3.53. The van der Waals surface area contributed by atoms with E-state index in [4.69, 9.17) is 10.5 Å². The summed E-state index contributed by atoms with van der Waals surface area (Å²) < 4.78 is 5.91. The van der Waals surface area contributed by atoms with Gasteiger partial charge in [-0.3, -0.25) is 0 Å². The van der Waals surface area contributed by atoms with Gasteiger partial charge >= 0.3 is 0 Å². The standard InChI is InChI=1S/C18H23NO2/c1-3-16(19)11-15-9-13(2)7-8-18(15)21-12-14-5-4-6-17(20)10-14/h4-10,16,20H,3,11-12,19H2,1-2H3. The zero-order chi connectivity index (χ0) is 15.2. The fraction of sp³-hybridized carbons (Fsp3) is 0.333. The molecule has 0 aliphatic carbocycles. The van der Waals surface area contributed by atoms with Gasteiger partial charge in [0.25, 0.3) is 0 Å². The molecule has 2 aromatic carbocycles. The summed E-state index contributed by atoms with van der Waals surface area (Å²) in [7, 11) is 0. The second kappa shape index (κ2) is 7.14. The van der Waals surface area contributed by atoms with E-state index in [9.17, 15) is 5.11 Å². The summed E-state index contributed by atoms with van der Waals surface area (Å²) in [5, 5.41) is 9.48. The van der Waals surface area contributed by atoms with Crippen LogP contribution in [0.2, 0.25) is 0 Å². The molecule has 0 amide bonds. The van der Waals surface area contributed by atoms with E-state index in [0.717, 1.165) is 29.7 Å². The average Bonchev–Trinajstić information content (AvgIpc) is 2.46. The fourth-order valence-corrected chi connectivity index (χ4v) is 2.24. The average molecular weight is 285 g/mol. The summed E-state index contributed by atoms with van der Waals surface area (Å²) in [5.41, 5.74) is 9.36. The lowest BCUT2D eigenvalue weighted by Gasteiger charge is -2.15. The molecule has 2 rings (SSSR count). The molecular formula is C18H23NO2. The predicted octanol–water partition coefficient (Wildman–Crippen LogP) is 3.56. The Balaban J connectivity index is 2.11. The van der Waals surface area contributed by atoms with Crippen molar-refractivity contribution >= 4 is 0 Å². The van der Waals surface area contributed by atoms with Crippen molar-refractivity contribution in [2.24, 2.45) is 5.73 Å². The molecule has 1 atom stereocenters. The topological polar surface area (TPSA) is 55.5 Å². The van der Waals surface area contributed by atoms with Gasteiger partial charge in [0.05, 0.1) is 0 Å². The summed E-state index contributed by atoms with van der Waals surface area (Å²) in [6.07, 6.45) is 1.76. The van der Waals surface area contributed by atoms with Crippen molar-refractivity contribution < 1.29 is 9.84 Å². The van der Waals surface area contributed by atoms with Crippen molar-refractivity contribution in [3.05, 3.63) is 59.2 Å². The van der Waals surface area contributed by atoms with Crippen LogP contribution in [0.5, 0.6) is 11.5 Å². The van der Waals surface area contributed by atoms with Crippen LogP contribution in [0.1, 0.15) is 30.0 Å². The van der Waals surface area contributed by atoms with Gasteiger partial charge in [-0.25, -0.2) is 0 Å². The number of phenolic OH excluding ortho intramolecular Hbond substituents is 1. The maximum Gasteiger partial charge on any atom is 0.123 e. The quantitative estimate of drug-likeness (QED) is 0.853. The molecule has 0 aliphatic rings. The van der Waals surface area contributed by atoms with Gasteiger partial charge in [0.2, 0.25) is 0 Å². The Morgan fingerprint density at radius 3 is 2.71 bits per heavy atom. The van der Waals surface area contributed by atoms with Crippen molar-refractivity contribution in [2.75, 3.05) is 0 Å². The summed E-state index contributed by atoms with van der Waals surface area (Å²) in [4.78, 5) is 0. The number of phenols is 1. The maximum atomic E-state index is 9.48. The number of hydrogen-bond donors (Lipinski definition) is 2. The fourth-order valence-electron chi connectivity index (χ4n) is 2.24. The summed E-state index contributed by atoms with van der Waals surface area (Å²) >= 11 is 0. The van der Waals surface area contributed by atoms with E-state index < -0.39 is 0 Å². The van der Waals surface area contributed by atoms with E-state index in [1.807, 2.05) is 24.3 Å². The smallest absolute Gasteiger partial charge is 0.123 e. The molecule has 3 heteroatoms. The molecule has 0 heterocycles. The first-order chi connectivity index (χ1) is 10.1. The Bertz CT molecular complexity index is 596. The molecule has 0 fully saturated rings. The van der Waals surface area contributed by atoms with Gasteiger partial charge in [-0.1, -0.05) is 36.8 Å². The molecule has 0 bridgehead atoms. The van der Waals surface area contributed by atoms with Crippen LogP contribution in [0.4, 0.5) is 0 Å². The monoisotopic (exact) mass is 285 g/mol. The first-order valence-electron chi connectivity index (χ1n) is 7.34. The molecule has 112 valence electrons. The van der Waals surface area contributed by atoms with Crippen LogP contribution in [0.25, 0.3) is 0 Å². The Morgan fingerprint density at radius 2 is 2.00 bits per heavy atom. The van der Waals surface area contributed by atoms with Crippen LogP contribution < -0.4 is 10.5 Å². The van der Waals surface area contributed by atoms with Crippen LogP contribution >= 0.6 is 0 Å². The third kappa shape index (κ3) is 4.50. The predicted molar refractivity (Wildman–Crippen MR) is 85.6 cm³/mol. The molecule has 0 aliphatic heterocycles. The zero-order valence-corrected chi connectivity index (χ0v) is 12.7. The van der Waals surface area contributed by atoms with Crippen molar-refractivity contribution in [1.29, 1.82) is 0 Å². The van der Waals surface area contributed by atoms with E-state index >= 15 is 0 Å². The maximum absolute atomic E-state index is 9.48. The molecule has 2 aromatic rings. The van der Waals surface area contributed by atoms with Crippen LogP contribution in [-0.4, -0.2) is 11.1 Å². The molecule has 3 nitrogen and oxygen atoms in total. The van der Waals surface area contributed by atoms with Gasteiger partial charge in [-0.05, 0) is 49.1 Å². The lowest BCUT2D eigenvalue weighted by Crippen LogP contribution is -2.21. The van der Waals surface area contributed by atoms with E-state index in [1.165, 1.54) is 5.56 Å². The normalized spacial score (nSPS) is 12.1. The first-order valence-corrected chi connectivity index (χ1v) is 7.34. The zero-order valence-electron chi connectivity index (χ0n) is 12.7. The van der Waals surface area contributed by atoms with Crippen molar-refractivity contribution in [2.45, 2.75) is 39.3 Å². The molecule has 21 heavy (non-hydrogen) atoms. The molecule has 3 N–H and O–H groups in total. The minimum atomic E-state index is 0.148. The van der Waals surface area contributed by atoms with Crippen molar-refractivity contribution in [3.63, 3.8) is 0 Å². The number of benzene rings is 2. The number of aryl methyl sites for hydroxylation is 1. The second-order valence-corrected chi connectivity index (χ2v) is 5.44. The van der Waals surface area contributed by atoms with E-state index in [-0.39, 0.29) is 11.8 Å². The highest BCUT2D eigenvalue weighted by Gasteiger charge is 2.09. The number of aromatic hydroxyl groups is 1. The van der Waals surface area contributed by atoms with Crippen molar-refractivity contribution in [3.8, 4) is 11.5 Å². The largest absolute Gasteiger partial charge is 0.508 e. The Hall–Kier alpha value is -2.00. The van der Waals surface area contributed by atoms with Gasteiger partial charge in [-0.15, -0.1) is 0 Å². The van der Waals surface area contributed by atoms with Gasteiger partial charge in [0.15, 0.2) is 0 Å². The van der Waals surface area contributed by atoms with Crippen LogP contribution in [0.15, 0.2) is 42.5 Å². The molecule has 0 saturated carbocycles. The highest BCUT2D eigenvalue weighted by molar-refractivity contribution is 5.38. The lowest BCUT2D eigenvalue weighted by atomic mass is 10.0.